The summed E-state index contributed by atoms with van der Waals surface area (Å²) < 4.78 is 18.6. The van der Waals surface area contributed by atoms with Crippen molar-refractivity contribution in [3.8, 4) is 0 Å². The molecule has 2 rings (SSSR count). The van der Waals surface area contributed by atoms with Gasteiger partial charge in [0.05, 0.1) is 16.5 Å². The Kier molecular flexibility index (Phi) is 5.84. The molecule has 0 heterocycles. The van der Waals surface area contributed by atoms with Gasteiger partial charge in [-0.25, -0.2) is 0 Å². The third-order valence-corrected chi connectivity index (χ3v) is 6.50. The van der Waals surface area contributed by atoms with Gasteiger partial charge in [-0.2, -0.15) is 0 Å². The Bertz CT molecular complexity index is 851. The van der Waals surface area contributed by atoms with Crippen LogP contribution in [0, 0.1) is 20.2 Å². The third-order valence-electron chi connectivity index (χ3n) is 3.57. The van der Waals surface area contributed by atoms with Gasteiger partial charge in [0, 0.05) is 34.9 Å². The van der Waals surface area contributed by atoms with E-state index in [1.54, 1.807) is 6.92 Å². The van der Waals surface area contributed by atoms with E-state index in [1.807, 2.05) is 0 Å². The fourth-order valence-corrected chi connectivity index (χ4v) is 4.84. The monoisotopic (exact) mass is 378 g/mol. The molecule has 0 aliphatic rings. The Morgan fingerprint density at radius 2 is 1.46 bits per heavy atom. The molecule has 0 unspecified atom stereocenters. The predicted molar refractivity (Wildman–Crippen MR) is 94.6 cm³/mol. The summed E-state index contributed by atoms with van der Waals surface area (Å²) >= 11 is 0. The van der Waals surface area contributed by atoms with E-state index >= 15 is 0 Å². The average molecular weight is 378 g/mol. The number of rotatable bonds is 7. The van der Waals surface area contributed by atoms with Gasteiger partial charge >= 0.3 is 5.97 Å². The summed E-state index contributed by atoms with van der Waals surface area (Å²) in [6.07, 6.45) is -0.552. The zero-order valence-corrected chi connectivity index (χ0v) is 14.6. The minimum Gasteiger partial charge on any atom is -0.466 e. The summed E-state index contributed by atoms with van der Waals surface area (Å²) in [5.41, 5.74) is -0.589. The molecule has 0 aliphatic heterocycles. The standard InChI is InChI=1S/C16H15N2O7P/c1-2-25-16(19)11-26(24,14-7-3-5-12(9-14)17(20)21)15-8-4-6-13(10-15)18(22)23/h3-10H,2,11H2,1H3. The van der Waals surface area contributed by atoms with Crippen LogP contribution in [-0.4, -0.2) is 28.6 Å². The van der Waals surface area contributed by atoms with Crippen LogP contribution in [0.15, 0.2) is 48.5 Å². The minimum absolute atomic E-state index is 0.0558. The van der Waals surface area contributed by atoms with E-state index in [1.165, 1.54) is 36.4 Å². The average Bonchev–Trinajstić information content (AvgIpc) is 2.62. The molecule has 0 aromatic heterocycles. The maximum atomic E-state index is 13.7. The Hall–Kier alpha value is -3.06. The number of nitrogens with zero attached hydrogens (tertiary/aromatic N) is 2. The summed E-state index contributed by atoms with van der Waals surface area (Å²) in [6.45, 7) is 1.66. The van der Waals surface area contributed by atoms with Crippen molar-refractivity contribution in [3.05, 3.63) is 68.8 Å². The van der Waals surface area contributed by atoms with Crippen LogP contribution in [0.4, 0.5) is 11.4 Å². The molecule has 9 nitrogen and oxygen atoms in total. The van der Waals surface area contributed by atoms with Gasteiger partial charge in [-0.1, -0.05) is 24.3 Å². The molecule has 0 radical (unpaired) electrons. The SMILES string of the molecule is CCOC(=O)CP(=O)(c1cccc([N+](=O)[O-])c1)c1cccc([N+](=O)[O-])c1. The highest BCUT2D eigenvalue weighted by Gasteiger charge is 2.33. The Morgan fingerprint density at radius 1 is 1.00 bits per heavy atom. The highest BCUT2D eigenvalue weighted by atomic mass is 31.2. The van der Waals surface area contributed by atoms with Gasteiger partial charge in [0.25, 0.3) is 11.4 Å². The first-order valence-corrected chi connectivity index (χ1v) is 9.42. The van der Waals surface area contributed by atoms with Crippen LogP contribution in [0.1, 0.15) is 6.92 Å². The highest BCUT2D eigenvalue weighted by molar-refractivity contribution is 7.79. The van der Waals surface area contributed by atoms with Gasteiger partial charge in [-0.05, 0) is 6.92 Å². The van der Waals surface area contributed by atoms with E-state index in [-0.39, 0.29) is 28.6 Å². The largest absolute Gasteiger partial charge is 0.466 e. The minimum atomic E-state index is -3.73. The number of hydrogen-bond donors (Lipinski definition) is 0. The number of carbonyl (C=O) groups excluding carboxylic acids is 1. The first kappa shape index (κ1) is 19.3. The van der Waals surface area contributed by atoms with Crippen LogP contribution >= 0.6 is 7.14 Å². The number of carbonyl (C=O) groups is 1. The number of benzene rings is 2. The number of hydrogen-bond acceptors (Lipinski definition) is 7. The molecular weight excluding hydrogens is 363 g/mol. The third kappa shape index (κ3) is 4.12. The number of non-ortho nitro benzene ring substituents is 2. The fourth-order valence-electron chi connectivity index (χ4n) is 2.38. The quantitative estimate of drug-likeness (QED) is 0.313. The lowest BCUT2D eigenvalue weighted by atomic mass is 10.3. The lowest BCUT2D eigenvalue weighted by Crippen LogP contribution is -2.24. The van der Waals surface area contributed by atoms with Crippen molar-refractivity contribution >= 4 is 35.1 Å². The number of nitro benzene ring substituents is 2. The molecule has 0 bridgehead atoms. The molecule has 0 fully saturated rings. The normalized spacial score (nSPS) is 11.0. The summed E-state index contributed by atoms with van der Waals surface area (Å²) in [5, 5.41) is 22.2. The van der Waals surface area contributed by atoms with Gasteiger partial charge in [-0.3, -0.25) is 25.0 Å². The first-order chi connectivity index (χ1) is 12.3. The molecule has 0 saturated heterocycles. The molecule has 0 amide bonds. The zero-order valence-electron chi connectivity index (χ0n) is 13.7. The summed E-state index contributed by atoms with van der Waals surface area (Å²) in [7, 11) is -3.73. The van der Waals surface area contributed by atoms with Crippen LogP contribution in [0.3, 0.4) is 0 Å². The summed E-state index contributed by atoms with van der Waals surface area (Å²) in [6, 6.07) is 10.2. The van der Waals surface area contributed by atoms with E-state index in [0.29, 0.717) is 0 Å². The van der Waals surface area contributed by atoms with Crippen LogP contribution < -0.4 is 10.6 Å². The van der Waals surface area contributed by atoms with Gasteiger partial charge in [0.15, 0.2) is 7.14 Å². The van der Waals surface area contributed by atoms with Crippen molar-refractivity contribution < 1.29 is 23.9 Å². The molecule has 2 aromatic rings. The maximum Gasteiger partial charge on any atom is 0.313 e. The van der Waals surface area contributed by atoms with Crippen molar-refractivity contribution in [2.75, 3.05) is 12.8 Å². The maximum absolute atomic E-state index is 13.7. The smallest absolute Gasteiger partial charge is 0.313 e. The number of ether oxygens (including phenoxy) is 1. The summed E-state index contributed by atoms with van der Waals surface area (Å²) in [4.78, 5) is 32.7. The van der Waals surface area contributed by atoms with Crippen molar-refractivity contribution in [2.45, 2.75) is 6.92 Å². The second kappa shape index (κ2) is 7.88. The van der Waals surface area contributed by atoms with Crippen molar-refractivity contribution in [3.63, 3.8) is 0 Å². The molecule has 0 spiro atoms. The van der Waals surface area contributed by atoms with Gasteiger partial charge < -0.3 is 9.30 Å². The van der Waals surface area contributed by atoms with E-state index < -0.39 is 29.1 Å². The summed E-state index contributed by atoms with van der Waals surface area (Å²) in [5.74, 6) is -0.756. The molecule has 0 N–H and O–H groups in total. The highest BCUT2D eigenvalue weighted by Crippen LogP contribution is 2.44. The molecule has 0 atom stereocenters. The Balaban J connectivity index is 2.63. The van der Waals surface area contributed by atoms with E-state index in [2.05, 4.69) is 0 Å². The van der Waals surface area contributed by atoms with E-state index in [9.17, 15) is 29.6 Å². The number of nitro groups is 2. The molecule has 136 valence electrons. The molecule has 2 aromatic carbocycles. The Morgan fingerprint density at radius 3 is 1.85 bits per heavy atom. The van der Waals surface area contributed by atoms with Crippen molar-refractivity contribution in [1.82, 2.24) is 0 Å². The molecule has 0 saturated carbocycles. The topological polar surface area (TPSA) is 130 Å². The molecule has 0 aliphatic carbocycles. The molecule has 26 heavy (non-hydrogen) atoms. The van der Waals surface area contributed by atoms with Crippen LogP contribution in [0.2, 0.25) is 0 Å². The van der Waals surface area contributed by atoms with Gasteiger partial charge in [0.2, 0.25) is 0 Å². The Labute approximate surface area is 148 Å². The molecular formula is C16H15N2O7P. The zero-order chi connectivity index (χ0) is 19.3. The predicted octanol–water partition coefficient (Wildman–Crippen LogP) is 2.38. The van der Waals surface area contributed by atoms with Crippen molar-refractivity contribution in [1.29, 1.82) is 0 Å². The lowest BCUT2D eigenvalue weighted by Gasteiger charge is -2.18. The number of esters is 1. The van der Waals surface area contributed by atoms with E-state index in [4.69, 9.17) is 4.74 Å². The fraction of sp³-hybridized carbons (Fsp3) is 0.188. The van der Waals surface area contributed by atoms with Gasteiger partial charge in [-0.15, -0.1) is 0 Å². The second-order valence-corrected chi connectivity index (χ2v) is 8.09. The first-order valence-electron chi connectivity index (χ1n) is 7.52. The van der Waals surface area contributed by atoms with Gasteiger partial charge in [0.1, 0.15) is 6.16 Å². The second-order valence-electron chi connectivity index (χ2n) is 5.26. The lowest BCUT2D eigenvalue weighted by molar-refractivity contribution is -0.384. The van der Waals surface area contributed by atoms with Crippen molar-refractivity contribution in [2.24, 2.45) is 0 Å². The molecule has 10 heteroatoms. The van der Waals surface area contributed by atoms with Crippen LogP contribution in [0.25, 0.3) is 0 Å². The van der Waals surface area contributed by atoms with Crippen LogP contribution in [-0.2, 0) is 14.1 Å². The van der Waals surface area contributed by atoms with Crippen LogP contribution in [0.5, 0.6) is 0 Å². The van der Waals surface area contributed by atoms with E-state index in [0.717, 1.165) is 12.1 Å².